The van der Waals surface area contributed by atoms with Crippen LogP contribution in [0.2, 0.25) is 0 Å². The van der Waals surface area contributed by atoms with E-state index in [-0.39, 0.29) is 24.3 Å². The van der Waals surface area contributed by atoms with E-state index in [1.54, 1.807) is 0 Å². The minimum absolute atomic E-state index is 0.0779. The van der Waals surface area contributed by atoms with Crippen molar-refractivity contribution in [3.05, 3.63) is 53.6 Å². The van der Waals surface area contributed by atoms with Crippen LogP contribution in [0.1, 0.15) is 43.7 Å². The van der Waals surface area contributed by atoms with Gasteiger partial charge in [0.25, 0.3) is 5.91 Å². The molecule has 6 heteroatoms. The fourth-order valence-electron chi connectivity index (χ4n) is 5.21. The number of imide groups is 1. The zero-order valence-corrected chi connectivity index (χ0v) is 17.0. The van der Waals surface area contributed by atoms with Crippen molar-refractivity contribution in [2.45, 2.75) is 44.6 Å². The van der Waals surface area contributed by atoms with E-state index in [2.05, 4.69) is 22.8 Å². The first kappa shape index (κ1) is 18.9. The number of hydrogen-bond acceptors (Lipinski definition) is 3. The third kappa shape index (κ3) is 2.90. The Hall–Kier alpha value is -3.15. The summed E-state index contributed by atoms with van der Waals surface area (Å²) in [5.41, 5.74) is 4.71. The predicted octanol–water partition coefficient (Wildman–Crippen LogP) is 3.70. The standard InChI is InChI=1S/C24H25N3O3/c1-15-6-4-5-11-24(15)22(29)27(23(30)26-24)14-21(28)25-18-9-10-20-17(13-18)12-16-7-2-3-8-19(16)20/h2-3,7-10,13,15H,4-6,11-12,14H2,1H3,(H,25,28)(H,26,30)/t15?,24-/m0/s1. The predicted molar refractivity (Wildman–Crippen MR) is 114 cm³/mol. The lowest BCUT2D eigenvalue weighted by atomic mass is 9.73. The van der Waals surface area contributed by atoms with E-state index in [1.165, 1.54) is 22.3 Å². The molecule has 1 saturated heterocycles. The van der Waals surface area contributed by atoms with Gasteiger partial charge >= 0.3 is 6.03 Å². The molecule has 2 aromatic carbocycles. The van der Waals surface area contributed by atoms with Crippen molar-refractivity contribution in [1.29, 1.82) is 0 Å². The van der Waals surface area contributed by atoms with Crippen LogP contribution in [0.4, 0.5) is 10.5 Å². The van der Waals surface area contributed by atoms with Crippen LogP contribution in [0.5, 0.6) is 0 Å². The van der Waals surface area contributed by atoms with Gasteiger partial charge in [-0.2, -0.15) is 0 Å². The van der Waals surface area contributed by atoms with Crippen LogP contribution in [0, 0.1) is 5.92 Å². The Bertz CT molecular complexity index is 1060. The van der Waals surface area contributed by atoms with Crippen molar-refractivity contribution >= 4 is 23.5 Å². The number of hydrogen-bond donors (Lipinski definition) is 2. The smallest absolute Gasteiger partial charge is 0.325 e. The van der Waals surface area contributed by atoms with Gasteiger partial charge < -0.3 is 10.6 Å². The maximum absolute atomic E-state index is 13.0. The average Bonchev–Trinajstić information content (AvgIpc) is 3.21. The Morgan fingerprint density at radius 2 is 1.93 bits per heavy atom. The van der Waals surface area contributed by atoms with E-state index in [4.69, 9.17) is 0 Å². The van der Waals surface area contributed by atoms with E-state index in [0.717, 1.165) is 30.6 Å². The summed E-state index contributed by atoms with van der Waals surface area (Å²) in [7, 11) is 0. The quantitative estimate of drug-likeness (QED) is 0.655. The fourth-order valence-corrected chi connectivity index (χ4v) is 5.21. The molecule has 6 nitrogen and oxygen atoms in total. The molecule has 154 valence electrons. The normalized spacial score (nSPS) is 24.6. The summed E-state index contributed by atoms with van der Waals surface area (Å²) < 4.78 is 0. The number of nitrogens with zero attached hydrogens (tertiary/aromatic N) is 1. The van der Waals surface area contributed by atoms with Crippen LogP contribution in [0.15, 0.2) is 42.5 Å². The maximum atomic E-state index is 13.0. The molecule has 1 heterocycles. The molecule has 30 heavy (non-hydrogen) atoms. The van der Waals surface area contributed by atoms with Gasteiger partial charge in [0.15, 0.2) is 0 Å². The molecule has 3 aliphatic rings. The van der Waals surface area contributed by atoms with Crippen molar-refractivity contribution < 1.29 is 14.4 Å². The number of amides is 4. The first-order chi connectivity index (χ1) is 14.5. The van der Waals surface area contributed by atoms with Crippen LogP contribution in [0.3, 0.4) is 0 Å². The van der Waals surface area contributed by atoms with Gasteiger partial charge in [-0.15, -0.1) is 0 Å². The topological polar surface area (TPSA) is 78.5 Å². The number of rotatable bonds is 3. The van der Waals surface area contributed by atoms with E-state index in [0.29, 0.717) is 12.1 Å². The van der Waals surface area contributed by atoms with Crippen LogP contribution >= 0.6 is 0 Å². The van der Waals surface area contributed by atoms with E-state index in [9.17, 15) is 14.4 Å². The zero-order valence-electron chi connectivity index (χ0n) is 17.0. The Balaban J connectivity index is 1.29. The second-order valence-electron chi connectivity index (χ2n) is 8.69. The number of urea groups is 1. The summed E-state index contributed by atoms with van der Waals surface area (Å²) in [6.45, 7) is 1.74. The molecule has 1 aliphatic heterocycles. The summed E-state index contributed by atoms with van der Waals surface area (Å²) in [4.78, 5) is 39.2. The molecule has 2 N–H and O–H groups in total. The van der Waals surface area contributed by atoms with Gasteiger partial charge in [-0.05, 0) is 59.6 Å². The van der Waals surface area contributed by atoms with Crippen molar-refractivity contribution in [2.24, 2.45) is 5.92 Å². The summed E-state index contributed by atoms with van der Waals surface area (Å²) in [5, 5.41) is 5.75. The Morgan fingerprint density at radius 1 is 1.13 bits per heavy atom. The second-order valence-corrected chi connectivity index (χ2v) is 8.69. The minimum atomic E-state index is -0.838. The maximum Gasteiger partial charge on any atom is 0.325 e. The van der Waals surface area contributed by atoms with E-state index < -0.39 is 11.6 Å². The van der Waals surface area contributed by atoms with E-state index in [1.807, 2.05) is 37.3 Å². The second kappa shape index (κ2) is 6.97. The average molecular weight is 403 g/mol. The molecule has 5 rings (SSSR count). The van der Waals surface area contributed by atoms with Gasteiger partial charge in [0.05, 0.1) is 0 Å². The molecule has 1 saturated carbocycles. The van der Waals surface area contributed by atoms with Crippen LogP contribution < -0.4 is 10.6 Å². The van der Waals surface area contributed by atoms with Gasteiger partial charge in [-0.3, -0.25) is 14.5 Å². The number of carbonyl (C=O) groups is 3. The summed E-state index contributed by atoms with van der Waals surface area (Å²) in [6, 6.07) is 13.7. The third-order valence-corrected chi connectivity index (χ3v) is 6.88. The zero-order chi connectivity index (χ0) is 20.9. The van der Waals surface area contributed by atoms with Crippen LogP contribution in [0.25, 0.3) is 11.1 Å². The molecule has 2 atom stereocenters. The monoisotopic (exact) mass is 403 g/mol. The van der Waals surface area contributed by atoms with Gasteiger partial charge in [-0.1, -0.05) is 50.1 Å². The summed E-state index contributed by atoms with van der Waals surface area (Å²) in [5.74, 6) is -0.553. The Kier molecular flexibility index (Phi) is 4.38. The SMILES string of the molecule is CC1CCCC[C@]12NC(=O)N(CC(=O)Nc1ccc3c(c1)Cc1ccccc1-3)C2=O. The highest BCUT2D eigenvalue weighted by Gasteiger charge is 2.55. The molecular formula is C24H25N3O3. The first-order valence-corrected chi connectivity index (χ1v) is 10.6. The third-order valence-electron chi connectivity index (χ3n) is 6.88. The minimum Gasteiger partial charge on any atom is -0.325 e. The van der Waals surface area contributed by atoms with Crippen molar-refractivity contribution in [2.75, 3.05) is 11.9 Å². The molecule has 0 bridgehead atoms. The number of nitrogens with one attached hydrogen (secondary N) is 2. The van der Waals surface area contributed by atoms with Gasteiger partial charge in [0.1, 0.15) is 12.1 Å². The molecule has 1 unspecified atom stereocenters. The number of carbonyl (C=O) groups excluding carboxylic acids is 3. The highest BCUT2D eigenvalue weighted by atomic mass is 16.2. The molecule has 0 aromatic heterocycles. The Labute approximate surface area is 175 Å². The van der Waals surface area contributed by atoms with Crippen LogP contribution in [-0.2, 0) is 16.0 Å². The lowest BCUT2D eigenvalue weighted by Gasteiger charge is -2.36. The van der Waals surface area contributed by atoms with Crippen molar-refractivity contribution in [3.63, 3.8) is 0 Å². The molecule has 1 spiro atoms. The number of fused-ring (bicyclic) bond motifs is 3. The largest absolute Gasteiger partial charge is 0.325 e. The highest BCUT2D eigenvalue weighted by molar-refractivity contribution is 6.10. The lowest BCUT2D eigenvalue weighted by molar-refractivity contribution is -0.136. The molecule has 2 aromatic rings. The van der Waals surface area contributed by atoms with E-state index >= 15 is 0 Å². The molecular weight excluding hydrogens is 378 g/mol. The molecule has 2 aliphatic carbocycles. The summed E-state index contributed by atoms with van der Waals surface area (Å²) in [6.07, 6.45) is 4.36. The molecule has 4 amide bonds. The van der Waals surface area contributed by atoms with Gasteiger partial charge in [0.2, 0.25) is 5.91 Å². The fraction of sp³-hybridized carbons (Fsp3) is 0.375. The van der Waals surface area contributed by atoms with Crippen LogP contribution in [-0.4, -0.2) is 34.8 Å². The number of benzene rings is 2. The Morgan fingerprint density at radius 3 is 2.77 bits per heavy atom. The summed E-state index contributed by atoms with van der Waals surface area (Å²) >= 11 is 0. The lowest BCUT2D eigenvalue weighted by Crippen LogP contribution is -2.54. The molecule has 2 fully saturated rings. The van der Waals surface area contributed by atoms with Crippen molar-refractivity contribution in [1.82, 2.24) is 10.2 Å². The number of anilines is 1. The van der Waals surface area contributed by atoms with Gasteiger partial charge in [0, 0.05) is 5.69 Å². The van der Waals surface area contributed by atoms with Gasteiger partial charge in [-0.25, -0.2) is 4.79 Å². The first-order valence-electron chi connectivity index (χ1n) is 10.6. The highest BCUT2D eigenvalue weighted by Crippen LogP contribution is 2.39. The molecule has 0 radical (unpaired) electrons. The van der Waals surface area contributed by atoms with Crippen molar-refractivity contribution in [3.8, 4) is 11.1 Å².